The van der Waals surface area contributed by atoms with Gasteiger partial charge < -0.3 is 14.0 Å². The Labute approximate surface area is 167 Å². The molecular formula is C15H13BrF3IO5S. The molecule has 26 heavy (non-hydrogen) atoms. The van der Waals surface area contributed by atoms with Crippen LogP contribution in [0.4, 0.5) is 13.2 Å². The Bertz CT molecular complexity index is 826. The molecule has 0 unspecified atom stereocenters. The van der Waals surface area contributed by atoms with Crippen LogP contribution >= 0.6 is 15.9 Å². The van der Waals surface area contributed by atoms with Gasteiger partial charge in [0.05, 0.1) is 18.7 Å². The van der Waals surface area contributed by atoms with Gasteiger partial charge in [-0.2, -0.15) is 13.2 Å². The third-order valence-electron chi connectivity index (χ3n) is 2.67. The molecule has 5 nitrogen and oxygen atoms in total. The highest BCUT2D eigenvalue weighted by Gasteiger charge is 2.36. The average Bonchev–Trinajstić information content (AvgIpc) is 2.56. The standard InChI is InChI=1S/C14H13BrIO2.CHF3O3S/c1-17-11-5-3-10(4-6-11)16-14-9-12(18-2)7-8-13(14)15;2-1(3,4)8(5,6)7/h3-9H,1-2H3;(H,5,6,7)/q+1;/p-1. The molecule has 0 fully saturated rings. The minimum absolute atomic E-state index is 0.216. The first kappa shape index (κ1) is 23.0. The van der Waals surface area contributed by atoms with Crippen LogP contribution in [0.2, 0.25) is 0 Å². The Hall–Kier alpha value is -1.05. The zero-order chi connectivity index (χ0) is 20.0. The molecule has 2 rings (SSSR count). The summed E-state index contributed by atoms with van der Waals surface area (Å²) in [6.07, 6.45) is 0. The molecule has 0 bridgehead atoms. The van der Waals surface area contributed by atoms with Gasteiger partial charge in [0, 0.05) is 6.07 Å². The SMILES string of the molecule is COc1ccc([I+]c2cc(OC)ccc2Br)cc1.O=S(=O)([O-])C(F)(F)F. The number of hydrogen-bond donors (Lipinski definition) is 0. The summed E-state index contributed by atoms with van der Waals surface area (Å²) in [7, 11) is -2.71. The minimum atomic E-state index is -6.09. The van der Waals surface area contributed by atoms with Gasteiger partial charge in [-0.05, 0) is 52.3 Å². The molecule has 0 spiro atoms. The highest BCUT2D eigenvalue weighted by atomic mass is 127. The van der Waals surface area contributed by atoms with E-state index in [9.17, 15) is 13.2 Å². The molecule has 0 atom stereocenters. The zero-order valence-corrected chi connectivity index (χ0v) is 17.9. The zero-order valence-electron chi connectivity index (χ0n) is 13.4. The fourth-order valence-electron chi connectivity index (χ4n) is 1.43. The van der Waals surface area contributed by atoms with Crippen LogP contribution in [0.1, 0.15) is 0 Å². The smallest absolute Gasteiger partial charge is 0.485 e. The van der Waals surface area contributed by atoms with E-state index >= 15 is 0 Å². The summed E-state index contributed by atoms with van der Waals surface area (Å²) in [5.41, 5.74) is -5.65. The second-order valence-corrected chi connectivity index (χ2v) is 9.61. The van der Waals surface area contributed by atoms with Gasteiger partial charge in [-0.3, -0.25) is 0 Å². The maximum atomic E-state index is 10.7. The number of ether oxygens (including phenoxy) is 2. The van der Waals surface area contributed by atoms with E-state index in [0.717, 1.165) is 16.0 Å². The van der Waals surface area contributed by atoms with Crippen LogP contribution in [0.15, 0.2) is 46.9 Å². The van der Waals surface area contributed by atoms with E-state index in [4.69, 9.17) is 22.4 Å². The minimum Gasteiger partial charge on any atom is -0.741 e. The molecule has 0 N–H and O–H groups in total. The summed E-state index contributed by atoms with van der Waals surface area (Å²) in [5.74, 6) is 1.80. The molecule has 0 heterocycles. The quantitative estimate of drug-likeness (QED) is 0.308. The second kappa shape index (κ2) is 9.76. The molecular weight excluding hydrogens is 556 g/mol. The lowest BCUT2D eigenvalue weighted by atomic mass is 10.3. The summed E-state index contributed by atoms with van der Waals surface area (Å²) in [6.45, 7) is 0. The first-order valence-electron chi connectivity index (χ1n) is 6.62. The molecule has 144 valence electrons. The Morgan fingerprint density at radius 3 is 1.88 bits per heavy atom. The summed E-state index contributed by atoms with van der Waals surface area (Å²) in [4.78, 5) is 0. The molecule has 0 aliphatic rings. The van der Waals surface area contributed by atoms with Gasteiger partial charge >= 0.3 is 26.7 Å². The van der Waals surface area contributed by atoms with Crippen LogP contribution in [0.3, 0.4) is 0 Å². The van der Waals surface area contributed by atoms with Crippen LogP contribution in [0.25, 0.3) is 0 Å². The van der Waals surface area contributed by atoms with Crippen LogP contribution in [0.5, 0.6) is 11.5 Å². The number of benzene rings is 2. The summed E-state index contributed by atoms with van der Waals surface area (Å²) in [6, 6.07) is 14.4. The fourth-order valence-corrected chi connectivity index (χ4v) is 4.47. The monoisotopic (exact) mass is 568 g/mol. The highest BCUT2D eigenvalue weighted by molar-refractivity contribution is 9.10. The topological polar surface area (TPSA) is 75.7 Å². The molecule has 0 aromatic heterocycles. The molecule has 0 saturated carbocycles. The van der Waals surface area contributed by atoms with E-state index < -0.39 is 15.6 Å². The fraction of sp³-hybridized carbons (Fsp3) is 0.200. The summed E-state index contributed by atoms with van der Waals surface area (Å²) in [5, 5.41) is 0. The van der Waals surface area contributed by atoms with Crippen LogP contribution in [-0.2, 0) is 10.1 Å². The van der Waals surface area contributed by atoms with Crippen molar-refractivity contribution in [2.24, 2.45) is 0 Å². The van der Waals surface area contributed by atoms with Crippen LogP contribution in [0, 0.1) is 7.14 Å². The number of hydrogen-bond acceptors (Lipinski definition) is 5. The van der Waals surface area contributed by atoms with Gasteiger partial charge in [-0.15, -0.1) is 0 Å². The molecule has 2 aromatic carbocycles. The Kier molecular flexibility index (Phi) is 8.63. The number of rotatable bonds is 4. The lowest BCUT2D eigenvalue weighted by molar-refractivity contribution is -0.598. The van der Waals surface area contributed by atoms with Crippen molar-refractivity contribution in [1.29, 1.82) is 0 Å². The van der Waals surface area contributed by atoms with Crippen molar-refractivity contribution in [3.63, 3.8) is 0 Å². The van der Waals surface area contributed by atoms with E-state index in [-0.39, 0.29) is 21.2 Å². The van der Waals surface area contributed by atoms with Crippen molar-refractivity contribution in [2.45, 2.75) is 5.51 Å². The largest absolute Gasteiger partial charge is 0.741 e. The Balaban J connectivity index is 0.000000359. The Morgan fingerprint density at radius 2 is 1.46 bits per heavy atom. The number of methoxy groups -OCH3 is 2. The first-order chi connectivity index (χ1) is 12.0. The van der Waals surface area contributed by atoms with Crippen molar-refractivity contribution >= 4 is 26.0 Å². The van der Waals surface area contributed by atoms with E-state index in [1.807, 2.05) is 24.3 Å². The van der Waals surface area contributed by atoms with Gasteiger partial charge in [0.1, 0.15) is 11.5 Å². The van der Waals surface area contributed by atoms with Crippen molar-refractivity contribution in [2.75, 3.05) is 14.2 Å². The third kappa shape index (κ3) is 7.29. The lowest BCUT2D eigenvalue weighted by Crippen LogP contribution is -3.61. The molecule has 0 aliphatic heterocycles. The molecule has 0 radical (unpaired) electrons. The van der Waals surface area contributed by atoms with E-state index in [0.29, 0.717) is 0 Å². The third-order valence-corrected chi connectivity index (χ3v) is 7.49. The van der Waals surface area contributed by atoms with E-state index in [1.165, 1.54) is 7.14 Å². The van der Waals surface area contributed by atoms with Gasteiger partial charge in [0.15, 0.2) is 13.7 Å². The van der Waals surface area contributed by atoms with Gasteiger partial charge in [0.2, 0.25) is 3.57 Å². The predicted octanol–water partition coefficient (Wildman–Crippen LogP) is 0.646. The van der Waals surface area contributed by atoms with Gasteiger partial charge in [0.25, 0.3) is 0 Å². The maximum Gasteiger partial charge on any atom is 0.485 e. The lowest BCUT2D eigenvalue weighted by Gasteiger charge is -2.08. The van der Waals surface area contributed by atoms with E-state index in [1.54, 1.807) is 14.2 Å². The number of halogens is 5. The summed E-state index contributed by atoms with van der Waals surface area (Å²) >= 11 is 3.38. The van der Waals surface area contributed by atoms with Crippen molar-refractivity contribution in [1.82, 2.24) is 0 Å². The molecule has 2 aromatic rings. The predicted molar refractivity (Wildman–Crippen MR) is 86.8 cm³/mol. The van der Waals surface area contributed by atoms with Crippen LogP contribution < -0.4 is 30.7 Å². The molecule has 0 amide bonds. The van der Waals surface area contributed by atoms with Crippen molar-refractivity contribution < 1.29 is 56.8 Å². The summed E-state index contributed by atoms with van der Waals surface area (Å²) < 4.78 is 73.1. The molecule has 0 aliphatic carbocycles. The van der Waals surface area contributed by atoms with E-state index in [2.05, 4.69) is 34.1 Å². The van der Waals surface area contributed by atoms with Crippen molar-refractivity contribution in [3.8, 4) is 11.5 Å². The van der Waals surface area contributed by atoms with Gasteiger partial charge in [-0.1, -0.05) is 0 Å². The maximum absolute atomic E-state index is 10.7. The first-order valence-corrected chi connectivity index (χ1v) is 11.0. The normalized spacial score (nSPS) is 11.3. The molecule has 11 heteroatoms. The van der Waals surface area contributed by atoms with Crippen molar-refractivity contribution in [3.05, 3.63) is 54.1 Å². The average molecular weight is 569 g/mol. The van der Waals surface area contributed by atoms with Crippen LogP contribution in [-0.4, -0.2) is 32.7 Å². The second-order valence-electron chi connectivity index (χ2n) is 4.43. The number of alkyl halides is 3. The van der Waals surface area contributed by atoms with Gasteiger partial charge in [-0.25, -0.2) is 8.42 Å². The molecule has 0 saturated heterocycles. The highest BCUT2D eigenvalue weighted by Crippen LogP contribution is 2.20. The Morgan fingerprint density at radius 1 is 1.00 bits per heavy atom.